The zero-order valence-corrected chi connectivity index (χ0v) is 9.60. The summed E-state index contributed by atoms with van der Waals surface area (Å²) in [6.07, 6.45) is 0. The van der Waals surface area contributed by atoms with Crippen LogP contribution >= 0.6 is 0 Å². The first-order chi connectivity index (χ1) is 8.08. The number of hydrogen-bond donors (Lipinski definition) is 4. The molecule has 5 heteroatoms. The largest absolute Gasteiger partial charge is 0.504 e. The molecular weight excluding hydrogens is 220 g/mol. The van der Waals surface area contributed by atoms with Crippen LogP contribution in [0, 0.1) is 5.92 Å². The molecule has 4 N–H and O–H groups in total. The van der Waals surface area contributed by atoms with Gasteiger partial charge >= 0.3 is 0 Å². The second-order valence-electron chi connectivity index (χ2n) is 4.42. The van der Waals surface area contributed by atoms with Gasteiger partial charge < -0.3 is 20.8 Å². The Morgan fingerprint density at radius 3 is 2.71 bits per heavy atom. The Bertz CT molecular complexity index is 434. The Morgan fingerprint density at radius 1 is 1.35 bits per heavy atom. The van der Waals surface area contributed by atoms with Crippen molar-refractivity contribution in [3.8, 4) is 11.5 Å². The average Bonchev–Trinajstić information content (AvgIpc) is 2.68. The van der Waals surface area contributed by atoms with E-state index < -0.39 is 0 Å². The summed E-state index contributed by atoms with van der Waals surface area (Å²) in [7, 11) is 0. The number of benzene rings is 1. The van der Waals surface area contributed by atoms with Crippen LogP contribution in [0.1, 0.15) is 17.3 Å². The van der Waals surface area contributed by atoms with Crippen LogP contribution in [0.25, 0.3) is 0 Å². The minimum Gasteiger partial charge on any atom is -0.504 e. The first-order valence-corrected chi connectivity index (χ1v) is 5.61. The van der Waals surface area contributed by atoms with Gasteiger partial charge in [0.05, 0.1) is 0 Å². The van der Waals surface area contributed by atoms with Crippen molar-refractivity contribution in [1.29, 1.82) is 0 Å². The fourth-order valence-electron chi connectivity index (χ4n) is 1.92. The van der Waals surface area contributed by atoms with Crippen LogP contribution in [-0.2, 0) is 0 Å². The summed E-state index contributed by atoms with van der Waals surface area (Å²) in [6.45, 7) is 3.72. The Labute approximate surface area is 99.5 Å². The molecule has 0 bridgehead atoms. The van der Waals surface area contributed by atoms with Crippen LogP contribution in [0.3, 0.4) is 0 Å². The molecule has 5 nitrogen and oxygen atoms in total. The lowest BCUT2D eigenvalue weighted by Gasteiger charge is -2.16. The van der Waals surface area contributed by atoms with Gasteiger partial charge in [0.25, 0.3) is 5.91 Å². The molecule has 2 atom stereocenters. The van der Waals surface area contributed by atoms with Gasteiger partial charge in [-0.1, -0.05) is 6.92 Å². The highest BCUT2D eigenvalue weighted by molar-refractivity contribution is 5.95. The van der Waals surface area contributed by atoms with Gasteiger partial charge in [-0.05, 0) is 30.7 Å². The molecule has 1 amide bonds. The second kappa shape index (κ2) is 4.63. The molecule has 1 aliphatic rings. The number of phenols is 2. The van der Waals surface area contributed by atoms with Crippen molar-refractivity contribution in [2.45, 2.75) is 13.0 Å². The number of carbonyl (C=O) groups excluding carboxylic acids is 1. The normalized spacial score (nSPS) is 23.6. The molecule has 2 unspecified atom stereocenters. The lowest BCUT2D eigenvalue weighted by atomic mass is 10.1. The fourth-order valence-corrected chi connectivity index (χ4v) is 1.92. The van der Waals surface area contributed by atoms with Crippen LogP contribution in [0.15, 0.2) is 18.2 Å². The second-order valence-corrected chi connectivity index (χ2v) is 4.42. The summed E-state index contributed by atoms with van der Waals surface area (Å²) < 4.78 is 0. The minimum atomic E-state index is -0.282. The molecule has 1 saturated heterocycles. The minimum absolute atomic E-state index is 0.110. The predicted octanol–water partition coefficient (Wildman–Crippen LogP) is 0.435. The van der Waals surface area contributed by atoms with Gasteiger partial charge in [-0.15, -0.1) is 0 Å². The van der Waals surface area contributed by atoms with Crippen LogP contribution < -0.4 is 10.6 Å². The molecular formula is C12H16N2O3. The Morgan fingerprint density at radius 2 is 2.12 bits per heavy atom. The molecule has 0 aliphatic carbocycles. The molecule has 0 aromatic heterocycles. The van der Waals surface area contributed by atoms with Crippen molar-refractivity contribution in [3.05, 3.63) is 23.8 Å². The Hall–Kier alpha value is -1.75. The predicted molar refractivity (Wildman–Crippen MR) is 63.1 cm³/mol. The highest BCUT2D eigenvalue weighted by Gasteiger charge is 2.24. The van der Waals surface area contributed by atoms with E-state index in [1.54, 1.807) is 0 Å². The maximum atomic E-state index is 11.9. The van der Waals surface area contributed by atoms with Gasteiger partial charge in [0.15, 0.2) is 11.5 Å². The van der Waals surface area contributed by atoms with E-state index >= 15 is 0 Å². The van der Waals surface area contributed by atoms with Gasteiger partial charge in [0.1, 0.15) is 0 Å². The van der Waals surface area contributed by atoms with E-state index in [1.807, 2.05) is 0 Å². The number of nitrogens with one attached hydrogen (secondary N) is 2. The Balaban J connectivity index is 2.06. The highest BCUT2D eigenvalue weighted by Crippen LogP contribution is 2.24. The standard InChI is InChI=1S/C12H16N2O3/c1-7-5-13-6-9(7)14-12(17)8-2-3-10(15)11(16)4-8/h2-4,7,9,13,15-16H,5-6H2,1H3,(H,14,17). The number of phenolic OH excluding ortho intramolecular Hbond substituents is 2. The molecule has 1 aliphatic heterocycles. The average molecular weight is 236 g/mol. The van der Waals surface area contributed by atoms with Crippen molar-refractivity contribution in [1.82, 2.24) is 10.6 Å². The van der Waals surface area contributed by atoms with E-state index in [2.05, 4.69) is 17.6 Å². The summed E-state index contributed by atoms with van der Waals surface area (Å²) >= 11 is 0. The van der Waals surface area contributed by atoms with Gasteiger partial charge in [-0.25, -0.2) is 0 Å². The van der Waals surface area contributed by atoms with Crippen molar-refractivity contribution < 1.29 is 15.0 Å². The van der Waals surface area contributed by atoms with Crippen molar-refractivity contribution >= 4 is 5.91 Å². The highest BCUT2D eigenvalue weighted by atomic mass is 16.3. The molecule has 1 fully saturated rings. The third kappa shape index (κ3) is 2.50. The van der Waals surface area contributed by atoms with Gasteiger partial charge in [-0.2, -0.15) is 0 Å². The summed E-state index contributed by atoms with van der Waals surface area (Å²) in [4.78, 5) is 11.9. The third-order valence-corrected chi connectivity index (χ3v) is 3.07. The monoisotopic (exact) mass is 236 g/mol. The maximum Gasteiger partial charge on any atom is 0.251 e. The summed E-state index contributed by atoms with van der Waals surface area (Å²) in [6, 6.07) is 4.16. The first kappa shape index (κ1) is 11.7. The number of hydrogen-bond acceptors (Lipinski definition) is 4. The number of rotatable bonds is 2. The van der Waals surface area contributed by atoms with Gasteiger partial charge in [-0.3, -0.25) is 4.79 Å². The number of amides is 1. The first-order valence-electron chi connectivity index (χ1n) is 5.61. The van der Waals surface area contributed by atoms with Crippen LogP contribution in [0.5, 0.6) is 11.5 Å². The molecule has 1 aromatic carbocycles. The summed E-state index contributed by atoms with van der Waals surface area (Å²) in [5, 5.41) is 24.6. The van der Waals surface area contributed by atoms with Crippen LogP contribution in [0.2, 0.25) is 0 Å². The van der Waals surface area contributed by atoms with Crippen molar-refractivity contribution in [3.63, 3.8) is 0 Å². The van der Waals surface area contributed by atoms with Gasteiger partial charge in [0.2, 0.25) is 0 Å². The quantitative estimate of drug-likeness (QED) is 0.561. The lowest BCUT2D eigenvalue weighted by Crippen LogP contribution is -2.39. The van der Waals surface area contributed by atoms with E-state index in [0.717, 1.165) is 13.1 Å². The van der Waals surface area contributed by atoms with E-state index in [-0.39, 0.29) is 23.4 Å². The zero-order chi connectivity index (χ0) is 12.4. The molecule has 0 radical (unpaired) electrons. The van der Waals surface area contributed by atoms with Crippen molar-refractivity contribution in [2.24, 2.45) is 5.92 Å². The number of aromatic hydroxyl groups is 2. The van der Waals surface area contributed by atoms with E-state index in [0.29, 0.717) is 11.5 Å². The lowest BCUT2D eigenvalue weighted by molar-refractivity contribution is 0.0932. The zero-order valence-electron chi connectivity index (χ0n) is 9.60. The molecule has 1 heterocycles. The van der Waals surface area contributed by atoms with Crippen molar-refractivity contribution in [2.75, 3.05) is 13.1 Å². The molecule has 2 rings (SSSR count). The summed E-state index contributed by atoms with van der Waals surface area (Å²) in [5.41, 5.74) is 0.347. The topological polar surface area (TPSA) is 81.6 Å². The van der Waals surface area contributed by atoms with E-state index in [1.165, 1.54) is 18.2 Å². The maximum absolute atomic E-state index is 11.9. The van der Waals surface area contributed by atoms with E-state index in [9.17, 15) is 9.90 Å². The molecule has 1 aromatic rings. The fraction of sp³-hybridized carbons (Fsp3) is 0.417. The molecule has 0 spiro atoms. The third-order valence-electron chi connectivity index (χ3n) is 3.07. The Kier molecular flexibility index (Phi) is 3.19. The van der Waals surface area contributed by atoms with Crippen LogP contribution in [-0.4, -0.2) is 35.3 Å². The van der Waals surface area contributed by atoms with Crippen LogP contribution in [0.4, 0.5) is 0 Å². The molecule has 0 saturated carbocycles. The molecule has 92 valence electrons. The van der Waals surface area contributed by atoms with E-state index in [4.69, 9.17) is 5.11 Å². The number of carbonyl (C=O) groups is 1. The van der Waals surface area contributed by atoms with Gasteiger partial charge in [0, 0.05) is 18.2 Å². The smallest absolute Gasteiger partial charge is 0.251 e. The molecule has 17 heavy (non-hydrogen) atoms. The SMILES string of the molecule is CC1CNCC1NC(=O)c1ccc(O)c(O)c1. The summed E-state index contributed by atoms with van der Waals surface area (Å²) in [5.74, 6) is -0.349.